The summed E-state index contributed by atoms with van der Waals surface area (Å²) < 4.78 is 25.9. The largest absolute Gasteiger partial charge is 0.357 e. The third-order valence-electron chi connectivity index (χ3n) is 5.65. The van der Waals surface area contributed by atoms with Gasteiger partial charge >= 0.3 is 0 Å². The summed E-state index contributed by atoms with van der Waals surface area (Å²) in [5.74, 6) is 0.975. The third-order valence-corrected chi connectivity index (χ3v) is 7.08. The molecule has 2 aliphatic rings. The Kier molecular flexibility index (Phi) is 7.94. The molecule has 1 aromatic carbocycles. The Labute approximate surface area is 180 Å². The number of benzene rings is 1. The van der Waals surface area contributed by atoms with Crippen LogP contribution in [0.25, 0.3) is 0 Å². The number of aliphatic imine (C=N–C) groups is 1. The molecule has 0 bridgehead atoms. The van der Waals surface area contributed by atoms with Crippen LogP contribution in [-0.2, 0) is 16.6 Å². The van der Waals surface area contributed by atoms with Crippen LogP contribution in [-0.4, -0.2) is 46.0 Å². The molecule has 2 N–H and O–H groups in total. The van der Waals surface area contributed by atoms with Crippen LogP contribution in [0.2, 0.25) is 0 Å². The Morgan fingerprint density at radius 2 is 1.85 bits per heavy atom. The topological polar surface area (TPSA) is 73.8 Å². The van der Waals surface area contributed by atoms with E-state index in [2.05, 4.69) is 21.9 Å². The van der Waals surface area contributed by atoms with Gasteiger partial charge < -0.3 is 10.2 Å². The lowest BCUT2D eigenvalue weighted by Gasteiger charge is -2.26. The first kappa shape index (κ1) is 22.4. The van der Waals surface area contributed by atoms with Crippen molar-refractivity contribution in [3.63, 3.8) is 0 Å². The first-order valence-electron chi connectivity index (χ1n) is 9.54. The maximum Gasteiger partial charge on any atom is 0.240 e. The Hall–Kier alpha value is -0.870. The molecular formula is C19H31IN4O2S. The van der Waals surface area contributed by atoms with Crippen molar-refractivity contribution in [3.8, 4) is 0 Å². The number of hydrogen-bond acceptors (Lipinski definition) is 3. The normalized spacial score (nSPS) is 19.3. The van der Waals surface area contributed by atoms with Crippen LogP contribution in [0.1, 0.15) is 44.6 Å². The summed E-state index contributed by atoms with van der Waals surface area (Å²) in [4.78, 5) is 7.48. The highest BCUT2D eigenvalue weighted by Gasteiger charge is 2.41. The van der Waals surface area contributed by atoms with E-state index in [1.165, 1.54) is 39.2 Å². The number of nitrogens with one attached hydrogen (secondary N) is 2. The molecule has 1 heterocycles. The predicted octanol–water partition coefficient (Wildman–Crippen LogP) is 2.94. The Morgan fingerprint density at radius 3 is 2.44 bits per heavy atom. The summed E-state index contributed by atoms with van der Waals surface area (Å²) in [6, 6.07) is 6.93. The zero-order chi connectivity index (χ0) is 18.6. The van der Waals surface area contributed by atoms with E-state index in [0.717, 1.165) is 31.2 Å². The van der Waals surface area contributed by atoms with Crippen LogP contribution in [0.5, 0.6) is 0 Å². The molecule has 1 aliphatic carbocycles. The molecule has 1 aromatic rings. The quantitative estimate of drug-likeness (QED) is 0.366. The summed E-state index contributed by atoms with van der Waals surface area (Å²) in [6.45, 7) is 5.67. The number of nitrogens with zero attached hydrogens (tertiary/aromatic N) is 2. The molecule has 1 saturated carbocycles. The number of rotatable bonds is 5. The third kappa shape index (κ3) is 5.35. The molecule has 27 heavy (non-hydrogen) atoms. The lowest BCUT2D eigenvalue weighted by Crippen LogP contribution is -2.41. The van der Waals surface area contributed by atoms with Gasteiger partial charge in [0.15, 0.2) is 5.96 Å². The first-order valence-corrected chi connectivity index (χ1v) is 11.0. The molecule has 3 rings (SSSR count). The van der Waals surface area contributed by atoms with Gasteiger partial charge in [-0.1, -0.05) is 25.0 Å². The smallest absolute Gasteiger partial charge is 0.240 e. The summed E-state index contributed by atoms with van der Waals surface area (Å²) in [5.41, 5.74) is 1.52. The van der Waals surface area contributed by atoms with Gasteiger partial charge in [-0.3, -0.25) is 0 Å². The van der Waals surface area contributed by atoms with Crippen molar-refractivity contribution in [2.75, 3.05) is 26.7 Å². The molecule has 0 radical (unpaired) electrons. The molecule has 0 aromatic heterocycles. The minimum atomic E-state index is -3.39. The van der Waals surface area contributed by atoms with E-state index in [-0.39, 0.29) is 28.9 Å². The summed E-state index contributed by atoms with van der Waals surface area (Å²) in [6.07, 6.45) is 6.70. The minimum Gasteiger partial charge on any atom is -0.357 e. The maximum absolute atomic E-state index is 11.8. The highest BCUT2D eigenvalue weighted by Crippen LogP contribution is 2.45. The van der Waals surface area contributed by atoms with E-state index in [9.17, 15) is 8.42 Å². The van der Waals surface area contributed by atoms with Crippen molar-refractivity contribution in [2.45, 2.75) is 50.5 Å². The lowest BCUT2D eigenvalue weighted by atomic mass is 9.86. The second-order valence-electron chi connectivity index (χ2n) is 7.40. The van der Waals surface area contributed by atoms with E-state index >= 15 is 0 Å². The molecule has 0 unspecified atom stereocenters. The van der Waals surface area contributed by atoms with Gasteiger partial charge in [-0.15, -0.1) is 24.0 Å². The van der Waals surface area contributed by atoms with E-state index in [1.54, 1.807) is 12.1 Å². The summed E-state index contributed by atoms with van der Waals surface area (Å²) >= 11 is 0. The van der Waals surface area contributed by atoms with Gasteiger partial charge in [0.25, 0.3) is 0 Å². The van der Waals surface area contributed by atoms with Gasteiger partial charge in [0.05, 0.1) is 11.4 Å². The molecule has 6 nitrogen and oxygen atoms in total. The number of halogens is 1. The molecule has 1 aliphatic heterocycles. The molecule has 0 amide bonds. The summed E-state index contributed by atoms with van der Waals surface area (Å²) in [5, 5.41) is 3.42. The van der Waals surface area contributed by atoms with Gasteiger partial charge in [-0.05, 0) is 56.3 Å². The van der Waals surface area contributed by atoms with Crippen molar-refractivity contribution in [3.05, 3.63) is 29.8 Å². The molecule has 8 heteroatoms. The van der Waals surface area contributed by atoms with Gasteiger partial charge in [-0.2, -0.15) is 0 Å². The zero-order valence-corrected chi connectivity index (χ0v) is 19.3. The van der Waals surface area contributed by atoms with E-state index in [4.69, 9.17) is 4.99 Å². The second kappa shape index (κ2) is 9.56. The molecular weight excluding hydrogens is 475 g/mol. The van der Waals surface area contributed by atoms with Gasteiger partial charge in [0.1, 0.15) is 0 Å². The van der Waals surface area contributed by atoms with E-state index < -0.39 is 10.0 Å². The average molecular weight is 506 g/mol. The first-order chi connectivity index (χ1) is 12.5. The fourth-order valence-electron chi connectivity index (χ4n) is 4.13. The van der Waals surface area contributed by atoms with Crippen LogP contribution >= 0.6 is 24.0 Å². The molecule has 1 saturated heterocycles. The van der Waals surface area contributed by atoms with Gasteiger partial charge in [0.2, 0.25) is 10.0 Å². The van der Waals surface area contributed by atoms with Crippen LogP contribution in [0.3, 0.4) is 0 Å². The van der Waals surface area contributed by atoms with Crippen molar-refractivity contribution < 1.29 is 8.42 Å². The van der Waals surface area contributed by atoms with Crippen LogP contribution < -0.4 is 10.0 Å². The highest BCUT2D eigenvalue weighted by atomic mass is 127. The van der Waals surface area contributed by atoms with Crippen molar-refractivity contribution in [1.29, 1.82) is 0 Å². The number of likely N-dealkylation sites (tertiary alicyclic amines) is 1. The molecule has 1 spiro atoms. The summed E-state index contributed by atoms with van der Waals surface area (Å²) in [7, 11) is -1.97. The molecule has 0 atom stereocenters. The number of sulfonamides is 1. The zero-order valence-electron chi connectivity index (χ0n) is 16.2. The highest BCUT2D eigenvalue weighted by molar-refractivity contribution is 14.0. The van der Waals surface area contributed by atoms with Crippen molar-refractivity contribution >= 4 is 40.0 Å². The molecule has 2 fully saturated rings. The fourth-order valence-corrected chi connectivity index (χ4v) is 4.86. The van der Waals surface area contributed by atoms with Gasteiger partial charge in [-0.25, -0.2) is 18.1 Å². The second-order valence-corrected chi connectivity index (χ2v) is 9.29. The van der Waals surface area contributed by atoms with Crippen LogP contribution in [0.15, 0.2) is 34.2 Å². The van der Waals surface area contributed by atoms with Crippen molar-refractivity contribution in [1.82, 2.24) is 14.9 Å². The fraction of sp³-hybridized carbons (Fsp3) is 0.632. The Morgan fingerprint density at radius 1 is 1.19 bits per heavy atom. The standard InChI is InChI=1S/C19H30N4O2S.HI/c1-3-21-18(23-13-12-19(15-23)10-4-5-11-19)22-14-16-6-8-17(9-7-16)26(24,25)20-2;/h6-9,20H,3-5,10-15H2,1-2H3,(H,21,22);1H. The average Bonchev–Trinajstić information content (AvgIpc) is 3.29. The lowest BCUT2D eigenvalue weighted by molar-refractivity contribution is 0.309. The maximum atomic E-state index is 11.8. The van der Waals surface area contributed by atoms with E-state index in [1.807, 2.05) is 12.1 Å². The van der Waals surface area contributed by atoms with Crippen molar-refractivity contribution in [2.24, 2.45) is 10.4 Å². The predicted molar refractivity (Wildman–Crippen MR) is 120 cm³/mol. The Bertz CT molecular complexity index is 743. The number of hydrogen-bond donors (Lipinski definition) is 2. The van der Waals surface area contributed by atoms with E-state index in [0.29, 0.717) is 12.0 Å². The Balaban J connectivity index is 0.00000261. The van der Waals surface area contributed by atoms with Crippen LogP contribution in [0, 0.1) is 5.41 Å². The van der Waals surface area contributed by atoms with Crippen LogP contribution in [0.4, 0.5) is 0 Å². The molecule has 152 valence electrons. The SMILES string of the molecule is CCNC(=NCc1ccc(S(=O)(=O)NC)cc1)N1CCC2(CCCC2)C1.I. The monoisotopic (exact) mass is 506 g/mol. The number of guanidine groups is 1. The minimum absolute atomic E-state index is 0. The van der Waals surface area contributed by atoms with Gasteiger partial charge in [0, 0.05) is 19.6 Å².